The molecule has 0 aromatic heterocycles. The van der Waals surface area contributed by atoms with Crippen LogP contribution in [0.2, 0.25) is 5.02 Å². The van der Waals surface area contributed by atoms with Gasteiger partial charge in [0.15, 0.2) is 0 Å². The number of benzene rings is 2. The third kappa shape index (κ3) is 4.11. The highest BCUT2D eigenvalue weighted by Crippen LogP contribution is 2.35. The monoisotopic (exact) mass is 442 g/mol. The highest BCUT2D eigenvalue weighted by molar-refractivity contribution is 6.31. The third-order valence-corrected chi connectivity index (χ3v) is 5.49. The normalized spacial score (nSPS) is 18.6. The first-order valence-corrected chi connectivity index (χ1v) is 10.1. The predicted octanol–water partition coefficient (Wildman–Crippen LogP) is 2.96. The number of hydrogen-bond acceptors (Lipinski definition) is 6. The fraction of sp³-hybridized carbons (Fsp3) is 0.273. The molecule has 4 rings (SSSR count). The summed E-state index contributed by atoms with van der Waals surface area (Å²) < 4.78 is 10.7. The first-order valence-electron chi connectivity index (χ1n) is 9.69. The van der Waals surface area contributed by atoms with Gasteiger partial charge in [0.25, 0.3) is 0 Å². The minimum Gasteiger partial charge on any atom is -0.495 e. The molecule has 2 aromatic carbocycles. The van der Waals surface area contributed by atoms with Crippen LogP contribution >= 0.6 is 11.6 Å². The number of halogens is 1. The van der Waals surface area contributed by atoms with Crippen molar-refractivity contribution < 1.29 is 28.7 Å². The lowest BCUT2D eigenvalue weighted by atomic mass is 10.1. The van der Waals surface area contributed by atoms with Crippen LogP contribution in [0.15, 0.2) is 42.5 Å². The number of anilines is 2. The van der Waals surface area contributed by atoms with Crippen LogP contribution < -0.4 is 19.3 Å². The Kier molecular flexibility index (Phi) is 5.65. The molecule has 2 aliphatic rings. The van der Waals surface area contributed by atoms with Crippen LogP contribution in [0, 0.1) is 5.92 Å². The molecule has 160 valence electrons. The first kappa shape index (κ1) is 20.9. The molecular weight excluding hydrogens is 424 g/mol. The van der Waals surface area contributed by atoms with Crippen LogP contribution in [-0.4, -0.2) is 37.3 Å². The zero-order valence-corrected chi connectivity index (χ0v) is 17.4. The lowest BCUT2D eigenvalue weighted by molar-refractivity contribution is -0.139. The molecule has 0 saturated carbocycles. The van der Waals surface area contributed by atoms with Gasteiger partial charge in [-0.3, -0.25) is 24.1 Å². The Balaban J connectivity index is 1.44. The maximum Gasteiger partial charge on any atom is 0.316 e. The number of carbonyl (C=O) groups excluding carboxylic acids is 4. The molecular formula is C22H19ClN2O6. The summed E-state index contributed by atoms with van der Waals surface area (Å²) in [5.74, 6) is -1.20. The maximum atomic E-state index is 12.6. The SMILES string of the molecule is COc1ccc(Cl)cc1N1CC(C(=O)Oc2ccc(N3C(=O)CCC3=O)cc2)CC1=O. The summed E-state index contributed by atoms with van der Waals surface area (Å²) in [6.45, 7) is 0.142. The van der Waals surface area contributed by atoms with Crippen molar-refractivity contribution in [2.24, 2.45) is 5.92 Å². The van der Waals surface area contributed by atoms with Crippen molar-refractivity contribution in [3.05, 3.63) is 47.5 Å². The Morgan fingerprint density at radius 1 is 1.00 bits per heavy atom. The number of methoxy groups -OCH3 is 1. The summed E-state index contributed by atoms with van der Waals surface area (Å²) in [5, 5.41) is 0.449. The number of esters is 1. The van der Waals surface area contributed by atoms with E-state index in [1.807, 2.05) is 0 Å². The van der Waals surface area contributed by atoms with E-state index in [-0.39, 0.29) is 49.3 Å². The number of hydrogen-bond donors (Lipinski definition) is 0. The topological polar surface area (TPSA) is 93.2 Å². The van der Waals surface area contributed by atoms with Crippen molar-refractivity contribution in [2.45, 2.75) is 19.3 Å². The largest absolute Gasteiger partial charge is 0.495 e. The lowest BCUT2D eigenvalue weighted by Gasteiger charge is -2.19. The van der Waals surface area contributed by atoms with Gasteiger partial charge in [-0.25, -0.2) is 0 Å². The van der Waals surface area contributed by atoms with E-state index in [4.69, 9.17) is 21.1 Å². The van der Waals surface area contributed by atoms with Crippen molar-refractivity contribution in [1.82, 2.24) is 0 Å². The molecule has 1 unspecified atom stereocenters. The molecule has 0 aliphatic carbocycles. The van der Waals surface area contributed by atoms with E-state index in [9.17, 15) is 19.2 Å². The van der Waals surface area contributed by atoms with E-state index in [1.54, 1.807) is 30.3 Å². The average molecular weight is 443 g/mol. The summed E-state index contributed by atoms with van der Waals surface area (Å²) in [4.78, 5) is 51.4. The molecule has 0 spiro atoms. The molecule has 2 saturated heterocycles. The van der Waals surface area contributed by atoms with E-state index in [2.05, 4.69) is 0 Å². The van der Waals surface area contributed by atoms with Gasteiger partial charge < -0.3 is 14.4 Å². The van der Waals surface area contributed by atoms with Gasteiger partial charge in [-0.1, -0.05) is 11.6 Å². The van der Waals surface area contributed by atoms with Crippen LogP contribution in [0.1, 0.15) is 19.3 Å². The van der Waals surface area contributed by atoms with Crippen molar-refractivity contribution in [3.63, 3.8) is 0 Å². The van der Waals surface area contributed by atoms with Crippen LogP contribution in [0.3, 0.4) is 0 Å². The molecule has 0 N–H and O–H groups in total. The summed E-state index contributed by atoms with van der Waals surface area (Å²) in [5.41, 5.74) is 0.933. The van der Waals surface area contributed by atoms with Crippen LogP contribution in [0.4, 0.5) is 11.4 Å². The van der Waals surface area contributed by atoms with Crippen molar-refractivity contribution in [2.75, 3.05) is 23.5 Å². The molecule has 2 aromatic rings. The zero-order valence-electron chi connectivity index (χ0n) is 16.7. The van der Waals surface area contributed by atoms with Crippen molar-refractivity contribution in [1.29, 1.82) is 0 Å². The number of carbonyl (C=O) groups is 4. The fourth-order valence-corrected chi connectivity index (χ4v) is 3.87. The standard InChI is InChI=1S/C22H19ClN2O6/c1-30-18-7-2-14(23)11-17(18)24-12-13(10-21(24)28)22(29)31-16-5-3-15(4-6-16)25-19(26)8-9-20(25)27/h2-7,11,13H,8-10,12H2,1H3. The van der Waals surface area contributed by atoms with Gasteiger partial charge in [0.1, 0.15) is 11.5 Å². The number of imide groups is 1. The Morgan fingerprint density at radius 3 is 2.32 bits per heavy atom. The molecule has 3 amide bonds. The van der Waals surface area contributed by atoms with Gasteiger partial charge in [-0.15, -0.1) is 0 Å². The minimum absolute atomic E-state index is 0.00334. The first-order chi connectivity index (χ1) is 14.9. The van der Waals surface area contributed by atoms with Gasteiger partial charge in [0, 0.05) is 30.8 Å². The van der Waals surface area contributed by atoms with Gasteiger partial charge >= 0.3 is 5.97 Å². The molecule has 0 radical (unpaired) electrons. The van der Waals surface area contributed by atoms with Crippen molar-refractivity contribution in [3.8, 4) is 11.5 Å². The predicted molar refractivity (Wildman–Crippen MR) is 112 cm³/mol. The van der Waals surface area contributed by atoms with E-state index in [0.29, 0.717) is 22.1 Å². The Labute approximate surface area is 183 Å². The fourth-order valence-electron chi connectivity index (χ4n) is 3.70. The van der Waals surface area contributed by atoms with Gasteiger partial charge in [-0.05, 0) is 42.5 Å². The molecule has 8 nitrogen and oxygen atoms in total. The summed E-state index contributed by atoms with van der Waals surface area (Å²) in [7, 11) is 1.49. The smallest absolute Gasteiger partial charge is 0.316 e. The second-order valence-corrected chi connectivity index (χ2v) is 7.70. The minimum atomic E-state index is -0.655. The number of amides is 3. The average Bonchev–Trinajstić information content (AvgIpc) is 3.30. The highest BCUT2D eigenvalue weighted by Gasteiger charge is 2.37. The van der Waals surface area contributed by atoms with E-state index >= 15 is 0 Å². The van der Waals surface area contributed by atoms with Crippen molar-refractivity contribution >= 4 is 46.7 Å². The number of rotatable bonds is 5. The maximum absolute atomic E-state index is 12.6. The quantitative estimate of drug-likeness (QED) is 0.401. The number of ether oxygens (including phenoxy) is 2. The third-order valence-electron chi connectivity index (χ3n) is 5.25. The molecule has 1 atom stereocenters. The van der Waals surface area contributed by atoms with E-state index in [0.717, 1.165) is 4.90 Å². The van der Waals surface area contributed by atoms with Crippen LogP contribution in [0.25, 0.3) is 0 Å². The Bertz CT molecular complexity index is 1050. The van der Waals surface area contributed by atoms with E-state index in [1.165, 1.54) is 24.1 Å². The molecule has 9 heteroatoms. The van der Waals surface area contributed by atoms with Crippen LogP contribution in [0.5, 0.6) is 11.5 Å². The Hall–Kier alpha value is -3.39. The van der Waals surface area contributed by atoms with E-state index < -0.39 is 11.9 Å². The molecule has 2 aliphatic heterocycles. The summed E-state index contributed by atoms with van der Waals surface area (Å²) >= 11 is 6.05. The lowest BCUT2D eigenvalue weighted by Crippen LogP contribution is -2.28. The second-order valence-electron chi connectivity index (χ2n) is 7.26. The van der Waals surface area contributed by atoms with Crippen LogP contribution in [-0.2, 0) is 19.2 Å². The molecule has 2 heterocycles. The molecule has 31 heavy (non-hydrogen) atoms. The second kappa shape index (κ2) is 8.39. The molecule has 0 bridgehead atoms. The Morgan fingerprint density at radius 2 is 1.68 bits per heavy atom. The zero-order chi connectivity index (χ0) is 22.1. The number of nitrogens with zero attached hydrogens (tertiary/aromatic N) is 2. The molecule has 2 fully saturated rings. The van der Waals surface area contributed by atoms with Gasteiger partial charge in [-0.2, -0.15) is 0 Å². The summed E-state index contributed by atoms with van der Waals surface area (Å²) in [6, 6.07) is 11.1. The van der Waals surface area contributed by atoms with Gasteiger partial charge in [0.05, 0.1) is 24.4 Å². The highest BCUT2D eigenvalue weighted by atomic mass is 35.5. The van der Waals surface area contributed by atoms with Gasteiger partial charge in [0.2, 0.25) is 17.7 Å². The summed E-state index contributed by atoms with van der Waals surface area (Å²) in [6.07, 6.45) is 0.391.